The molecule has 0 unspecified atom stereocenters. The van der Waals surface area contributed by atoms with Crippen LogP contribution >= 0.6 is 38.6 Å². The molecule has 0 saturated heterocycles. The second-order valence-electron chi connectivity index (χ2n) is 2.33. The van der Waals surface area contributed by atoms with Gasteiger partial charge in [0.2, 0.25) is 5.78 Å². The Hall–Kier alpha value is -0.520. The van der Waals surface area contributed by atoms with E-state index in [-0.39, 0.29) is 5.78 Å². The molecular formula is C8H4BrNOS2. The summed E-state index contributed by atoms with van der Waals surface area (Å²) < 4.78 is 0.857. The summed E-state index contributed by atoms with van der Waals surface area (Å²) in [5.74, 6) is 0.0376. The van der Waals surface area contributed by atoms with E-state index in [0.717, 1.165) is 4.47 Å². The molecular weight excluding hydrogens is 270 g/mol. The molecule has 2 aromatic rings. The van der Waals surface area contributed by atoms with Gasteiger partial charge in [-0.2, -0.15) is 11.3 Å². The number of hydrogen-bond donors (Lipinski definition) is 0. The molecule has 0 spiro atoms. The van der Waals surface area contributed by atoms with Crippen LogP contribution in [0, 0.1) is 0 Å². The molecule has 66 valence electrons. The molecule has 5 heteroatoms. The summed E-state index contributed by atoms with van der Waals surface area (Å²) in [6.07, 6.45) is 1.59. The Bertz CT molecular complexity index is 421. The zero-order valence-electron chi connectivity index (χ0n) is 6.36. The maximum atomic E-state index is 11.7. The Kier molecular flexibility index (Phi) is 2.57. The van der Waals surface area contributed by atoms with E-state index >= 15 is 0 Å². The van der Waals surface area contributed by atoms with Gasteiger partial charge >= 0.3 is 0 Å². The summed E-state index contributed by atoms with van der Waals surface area (Å²) in [6.45, 7) is 0. The Balaban J connectivity index is 2.39. The standard InChI is InChI=1S/C8H4BrNOS2/c9-6-3-12-2-5(6)8(11)7-1-10-4-13-7/h1-4H. The lowest BCUT2D eigenvalue weighted by atomic mass is 10.2. The Morgan fingerprint density at radius 1 is 1.46 bits per heavy atom. The Morgan fingerprint density at radius 2 is 2.31 bits per heavy atom. The van der Waals surface area contributed by atoms with Gasteiger partial charge in [0.15, 0.2) is 0 Å². The summed E-state index contributed by atoms with van der Waals surface area (Å²) in [5.41, 5.74) is 2.38. The molecule has 0 aromatic carbocycles. The predicted molar refractivity (Wildman–Crippen MR) is 57.6 cm³/mol. The molecule has 0 aliphatic heterocycles. The van der Waals surface area contributed by atoms with Gasteiger partial charge in [-0.25, -0.2) is 0 Å². The maximum Gasteiger partial charge on any atom is 0.206 e. The summed E-state index contributed by atoms with van der Waals surface area (Å²) in [6, 6.07) is 0. The Morgan fingerprint density at radius 3 is 2.85 bits per heavy atom. The molecule has 0 radical (unpaired) electrons. The van der Waals surface area contributed by atoms with E-state index in [1.54, 1.807) is 11.7 Å². The van der Waals surface area contributed by atoms with Gasteiger partial charge in [0.1, 0.15) is 0 Å². The quantitative estimate of drug-likeness (QED) is 0.787. The first-order valence-corrected chi connectivity index (χ1v) is 6.05. The monoisotopic (exact) mass is 273 g/mol. The topological polar surface area (TPSA) is 30.0 Å². The molecule has 0 fully saturated rings. The van der Waals surface area contributed by atoms with Crippen molar-refractivity contribution >= 4 is 44.4 Å². The highest BCUT2D eigenvalue weighted by Gasteiger charge is 2.14. The fourth-order valence-electron chi connectivity index (χ4n) is 0.904. The van der Waals surface area contributed by atoms with Crippen molar-refractivity contribution in [2.75, 3.05) is 0 Å². The highest BCUT2D eigenvalue weighted by molar-refractivity contribution is 9.10. The van der Waals surface area contributed by atoms with E-state index in [0.29, 0.717) is 10.4 Å². The van der Waals surface area contributed by atoms with Crippen molar-refractivity contribution in [1.82, 2.24) is 4.98 Å². The van der Waals surface area contributed by atoms with E-state index in [9.17, 15) is 4.79 Å². The number of thiophene rings is 1. The van der Waals surface area contributed by atoms with Gasteiger partial charge in [0.05, 0.1) is 10.4 Å². The third-order valence-electron chi connectivity index (χ3n) is 1.52. The molecule has 2 rings (SSSR count). The summed E-state index contributed by atoms with van der Waals surface area (Å²) in [5, 5.41) is 3.74. The number of carbonyl (C=O) groups excluding carboxylic acids is 1. The average Bonchev–Trinajstić information content (AvgIpc) is 2.72. The second-order valence-corrected chi connectivity index (χ2v) is 4.81. The van der Waals surface area contributed by atoms with Crippen molar-refractivity contribution in [2.45, 2.75) is 0 Å². The first kappa shape index (κ1) is 9.05. The summed E-state index contributed by atoms with van der Waals surface area (Å²) >= 11 is 6.20. The van der Waals surface area contributed by atoms with Crippen molar-refractivity contribution in [2.24, 2.45) is 0 Å². The lowest BCUT2D eigenvalue weighted by Crippen LogP contribution is -1.96. The van der Waals surface area contributed by atoms with E-state index < -0.39 is 0 Å². The van der Waals surface area contributed by atoms with Crippen LogP contribution < -0.4 is 0 Å². The third kappa shape index (κ3) is 1.72. The molecule has 2 nitrogen and oxygen atoms in total. The largest absolute Gasteiger partial charge is 0.288 e. The minimum absolute atomic E-state index is 0.0376. The van der Waals surface area contributed by atoms with Crippen LogP contribution in [0.15, 0.2) is 26.9 Å². The molecule has 0 N–H and O–H groups in total. The van der Waals surface area contributed by atoms with Crippen LogP contribution in [0.1, 0.15) is 15.2 Å². The average molecular weight is 274 g/mol. The van der Waals surface area contributed by atoms with Crippen molar-refractivity contribution in [3.8, 4) is 0 Å². The van der Waals surface area contributed by atoms with E-state index in [2.05, 4.69) is 20.9 Å². The zero-order chi connectivity index (χ0) is 9.26. The van der Waals surface area contributed by atoms with E-state index in [1.165, 1.54) is 22.7 Å². The van der Waals surface area contributed by atoms with Gasteiger partial charge in [0, 0.05) is 27.0 Å². The lowest BCUT2D eigenvalue weighted by molar-refractivity contribution is 0.104. The number of nitrogens with zero attached hydrogens (tertiary/aromatic N) is 1. The number of rotatable bonds is 2. The van der Waals surface area contributed by atoms with Gasteiger partial charge in [-0.1, -0.05) is 0 Å². The molecule has 13 heavy (non-hydrogen) atoms. The smallest absolute Gasteiger partial charge is 0.206 e. The molecule has 0 saturated carbocycles. The molecule has 0 aliphatic rings. The number of thiazole rings is 1. The first-order chi connectivity index (χ1) is 6.29. The van der Waals surface area contributed by atoms with Crippen molar-refractivity contribution in [3.63, 3.8) is 0 Å². The van der Waals surface area contributed by atoms with Gasteiger partial charge in [-0.3, -0.25) is 9.78 Å². The predicted octanol–water partition coefficient (Wildman–Crippen LogP) is 3.20. The molecule has 0 bridgehead atoms. The SMILES string of the molecule is O=C(c1cncs1)c1cscc1Br. The van der Waals surface area contributed by atoms with Crippen LogP contribution in [0.5, 0.6) is 0 Å². The van der Waals surface area contributed by atoms with Gasteiger partial charge in [-0.15, -0.1) is 11.3 Å². The van der Waals surface area contributed by atoms with Crippen molar-refractivity contribution < 1.29 is 4.79 Å². The van der Waals surface area contributed by atoms with E-state index in [4.69, 9.17) is 0 Å². The normalized spacial score (nSPS) is 10.2. The summed E-state index contributed by atoms with van der Waals surface area (Å²) in [7, 11) is 0. The summed E-state index contributed by atoms with van der Waals surface area (Å²) in [4.78, 5) is 16.3. The second kappa shape index (κ2) is 3.69. The van der Waals surface area contributed by atoms with E-state index in [1.807, 2.05) is 10.8 Å². The number of aromatic nitrogens is 1. The molecule has 0 atom stereocenters. The van der Waals surface area contributed by atoms with Gasteiger partial charge in [0.25, 0.3) is 0 Å². The van der Waals surface area contributed by atoms with Gasteiger partial charge < -0.3 is 0 Å². The first-order valence-electron chi connectivity index (χ1n) is 3.44. The van der Waals surface area contributed by atoms with Crippen molar-refractivity contribution in [3.05, 3.63) is 37.4 Å². The van der Waals surface area contributed by atoms with Crippen LogP contribution in [0.3, 0.4) is 0 Å². The zero-order valence-corrected chi connectivity index (χ0v) is 9.58. The fraction of sp³-hybridized carbons (Fsp3) is 0. The number of hydrogen-bond acceptors (Lipinski definition) is 4. The molecule has 0 amide bonds. The molecule has 2 heterocycles. The van der Waals surface area contributed by atoms with Crippen molar-refractivity contribution in [1.29, 1.82) is 0 Å². The minimum atomic E-state index is 0.0376. The highest BCUT2D eigenvalue weighted by atomic mass is 79.9. The minimum Gasteiger partial charge on any atom is -0.288 e. The van der Waals surface area contributed by atoms with Crippen LogP contribution in [-0.2, 0) is 0 Å². The number of ketones is 1. The Labute approximate surface area is 91.4 Å². The van der Waals surface area contributed by atoms with Crippen LogP contribution in [0.25, 0.3) is 0 Å². The third-order valence-corrected chi connectivity index (χ3v) is 3.99. The number of carbonyl (C=O) groups is 1. The number of halogens is 1. The van der Waals surface area contributed by atoms with Gasteiger partial charge in [-0.05, 0) is 15.9 Å². The van der Waals surface area contributed by atoms with Crippen LogP contribution in [0.2, 0.25) is 0 Å². The molecule has 0 aliphatic carbocycles. The van der Waals surface area contributed by atoms with Crippen LogP contribution in [0.4, 0.5) is 0 Å². The lowest BCUT2D eigenvalue weighted by Gasteiger charge is -1.92. The highest BCUT2D eigenvalue weighted by Crippen LogP contribution is 2.24. The fourth-order valence-corrected chi connectivity index (χ4v) is 2.93. The van der Waals surface area contributed by atoms with Crippen LogP contribution in [-0.4, -0.2) is 10.8 Å². The molecule has 2 aromatic heterocycles. The maximum absolute atomic E-state index is 11.7.